The summed E-state index contributed by atoms with van der Waals surface area (Å²) in [5.74, 6) is -0.670. The molecule has 0 bridgehead atoms. The SMILES string of the molecule is Cc1nc2c(F)cc(S(=O)(=O)Cl)cc2s1. The maximum absolute atomic E-state index is 13.4. The van der Waals surface area contributed by atoms with Crippen molar-refractivity contribution in [2.24, 2.45) is 0 Å². The van der Waals surface area contributed by atoms with Crippen LogP contribution in [0.3, 0.4) is 0 Å². The number of benzene rings is 1. The third-order valence-electron chi connectivity index (χ3n) is 1.81. The molecule has 0 aliphatic heterocycles. The molecule has 2 aromatic rings. The third-order valence-corrected chi connectivity index (χ3v) is 4.06. The van der Waals surface area contributed by atoms with Gasteiger partial charge in [-0.2, -0.15) is 0 Å². The van der Waals surface area contributed by atoms with Crippen LogP contribution in [-0.4, -0.2) is 13.4 Å². The zero-order valence-electron chi connectivity index (χ0n) is 7.49. The molecule has 0 amide bonds. The van der Waals surface area contributed by atoms with Gasteiger partial charge in [0.15, 0.2) is 5.82 Å². The average molecular weight is 266 g/mol. The normalized spacial score (nSPS) is 12.2. The van der Waals surface area contributed by atoms with Crippen molar-refractivity contribution in [1.82, 2.24) is 4.98 Å². The lowest BCUT2D eigenvalue weighted by atomic mass is 10.3. The molecule has 0 fully saturated rings. The highest BCUT2D eigenvalue weighted by atomic mass is 35.7. The number of halogens is 2. The van der Waals surface area contributed by atoms with Crippen LogP contribution in [0.4, 0.5) is 4.39 Å². The first-order valence-corrected chi connectivity index (χ1v) is 7.02. The van der Waals surface area contributed by atoms with Gasteiger partial charge in [0.05, 0.1) is 14.6 Å². The second-order valence-corrected chi connectivity index (χ2v) is 6.72. The van der Waals surface area contributed by atoms with E-state index >= 15 is 0 Å². The van der Waals surface area contributed by atoms with Crippen LogP contribution in [0.5, 0.6) is 0 Å². The highest BCUT2D eigenvalue weighted by molar-refractivity contribution is 8.13. The number of fused-ring (bicyclic) bond motifs is 1. The van der Waals surface area contributed by atoms with Gasteiger partial charge in [-0.25, -0.2) is 17.8 Å². The molecule has 0 saturated heterocycles. The van der Waals surface area contributed by atoms with Gasteiger partial charge >= 0.3 is 0 Å². The van der Waals surface area contributed by atoms with Crippen molar-refractivity contribution in [2.75, 3.05) is 0 Å². The van der Waals surface area contributed by atoms with Gasteiger partial charge in [0.1, 0.15) is 5.52 Å². The molecule has 0 spiro atoms. The van der Waals surface area contributed by atoms with E-state index in [0.717, 1.165) is 6.07 Å². The monoisotopic (exact) mass is 265 g/mol. The summed E-state index contributed by atoms with van der Waals surface area (Å²) in [5.41, 5.74) is 0.182. The average Bonchev–Trinajstić information content (AvgIpc) is 2.44. The zero-order valence-corrected chi connectivity index (χ0v) is 9.88. The first kappa shape index (κ1) is 10.8. The Balaban J connectivity index is 2.84. The van der Waals surface area contributed by atoms with E-state index < -0.39 is 14.9 Å². The molecule has 1 aromatic carbocycles. The summed E-state index contributed by atoms with van der Waals surface area (Å²) in [6, 6.07) is 2.20. The molecule has 15 heavy (non-hydrogen) atoms. The molecule has 0 aliphatic carbocycles. The Morgan fingerprint density at radius 1 is 1.47 bits per heavy atom. The lowest BCUT2D eigenvalue weighted by Crippen LogP contribution is -1.91. The third kappa shape index (κ3) is 1.97. The summed E-state index contributed by atoms with van der Waals surface area (Å²) in [7, 11) is 1.23. The Morgan fingerprint density at radius 2 is 2.13 bits per heavy atom. The summed E-state index contributed by atoms with van der Waals surface area (Å²) < 4.78 is 35.9. The van der Waals surface area contributed by atoms with E-state index in [4.69, 9.17) is 10.7 Å². The highest BCUT2D eigenvalue weighted by Gasteiger charge is 2.15. The van der Waals surface area contributed by atoms with Gasteiger partial charge in [-0.3, -0.25) is 0 Å². The van der Waals surface area contributed by atoms with Gasteiger partial charge in [0.25, 0.3) is 9.05 Å². The largest absolute Gasteiger partial charge is 0.261 e. The summed E-state index contributed by atoms with van der Waals surface area (Å²) in [4.78, 5) is 3.70. The number of aromatic nitrogens is 1. The van der Waals surface area contributed by atoms with Crippen LogP contribution in [0.25, 0.3) is 10.2 Å². The molecule has 0 aliphatic rings. The number of rotatable bonds is 1. The van der Waals surface area contributed by atoms with Crippen molar-refractivity contribution >= 4 is 41.3 Å². The smallest absolute Gasteiger partial charge is 0.238 e. The van der Waals surface area contributed by atoms with E-state index in [9.17, 15) is 12.8 Å². The minimum Gasteiger partial charge on any atom is -0.238 e. The van der Waals surface area contributed by atoms with Crippen LogP contribution in [0.1, 0.15) is 5.01 Å². The van der Waals surface area contributed by atoms with Gasteiger partial charge in [-0.05, 0) is 19.1 Å². The van der Waals surface area contributed by atoms with Gasteiger partial charge < -0.3 is 0 Å². The fourth-order valence-electron chi connectivity index (χ4n) is 1.22. The Morgan fingerprint density at radius 3 is 2.73 bits per heavy atom. The van der Waals surface area contributed by atoms with E-state index in [2.05, 4.69) is 4.98 Å². The van der Waals surface area contributed by atoms with Crippen molar-refractivity contribution in [3.63, 3.8) is 0 Å². The van der Waals surface area contributed by atoms with E-state index in [0.29, 0.717) is 9.71 Å². The molecule has 1 aromatic heterocycles. The van der Waals surface area contributed by atoms with Crippen molar-refractivity contribution < 1.29 is 12.8 Å². The molecular weight excluding hydrogens is 261 g/mol. The van der Waals surface area contributed by atoms with Crippen molar-refractivity contribution in [3.05, 3.63) is 23.0 Å². The van der Waals surface area contributed by atoms with Gasteiger partial charge in [0.2, 0.25) is 0 Å². The molecular formula is C8H5ClFNO2S2. The minimum atomic E-state index is -3.90. The predicted octanol–water partition coefficient (Wildman–Crippen LogP) is 2.67. The zero-order chi connectivity index (χ0) is 11.2. The van der Waals surface area contributed by atoms with Crippen LogP contribution in [-0.2, 0) is 9.05 Å². The quantitative estimate of drug-likeness (QED) is 0.745. The van der Waals surface area contributed by atoms with Crippen molar-refractivity contribution in [2.45, 2.75) is 11.8 Å². The summed E-state index contributed by atoms with van der Waals surface area (Å²) in [6.45, 7) is 1.72. The molecule has 0 saturated carbocycles. The molecule has 0 N–H and O–H groups in total. The maximum atomic E-state index is 13.4. The lowest BCUT2D eigenvalue weighted by Gasteiger charge is -1.96. The first-order chi connectivity index (χ1) is 6.88. The molecule has 1 heterocycles. The fourth-order valence-corrected chi connectivity index (χ4v) is 2.94. The van der Waals surface area contributed by atoms with E-state index in [-0.39, 0.29) is 10.4 Å². The summed E-state index contributed by atoms with van der Waals surface area (Å²) in [6.07, 6.45) is 0. The highest BCUT2D eigenvalue weighted by Crippen LogP contribution is 2.28. The van der Waals surface area contributed by atoms with Crippen LogP contribution < -0.4 is 0 Å². The number of hydrogen-bond acceptors (Lipinski definition) is 4. The topological polar surface area (TPSA) is 47.0 Å². The second kappa shape index (κ2) is 3.40. The van der Waals surface area contributed by atoms with E-state index in [1.807, 2.05) is 0 Å². The Kier molecular flexibility index (Phi) is 2.44. The van der Waals surface area contributed by atoms with Gasteiger partial charge in [0, 0.05) is 10.7 Å². The lowest BCUT2D eigenvalue weighted by molar-refractivity contribution is 0.605. The van der Waals surface area contributed by atoms with E-state index in [1.54, 1.807) is 6.92 Å². The predicted molar refractivity (Wildman–Crippen MR) is 57.4 cm³/mol. The minimum absolute atomic E-state index is 0.182. The standard InChI is InChI=1S/C8H5ClFNO2S2/c1-4-11-8-6(10)2-5(15(9,12)13)3-7(8)14-4/h2-3H,1H3. The number of hydrogen-bond donors (Lipinski definition) is 0. The summed E-state index contributed by atoms with van der Waals surface area (Å²) in [5, 5.41) is 0.674. The number of thiazole rings is 1. The molecule has 0 unspecified atom stereocenters. The molecule has 3 nitrogen and oxygen atoms in total. The van der Waals surface area contributed by atoms with Crippen molar-refractivity contribution in [3.8, 4) is 0 Å². The molecule has 0 radical (unpaired) electrons. The molecule has 7 heteroatoms. The van der Waals surface area contributed by atoms with E-state index in [1.165, 1.54) is 17.4 Å². The Hall–Kier alpha value is -0.720. The first-order valence-electron chi connectivity index (χ1n) is 3.89. The van der Waals surface area contributed by atoms with Gasteiger partial charge in [-0.1, -0.05) is 0 Å². The molecule has 80 valence electrons. The fraction of sp³-hybridized carbons (Fsp3) is 0.125. The molecule has 0 atom stereocenters. The Bertz CT molecular complexity index is 635. The van der Waals surface area contributed by atoms with Crippen molar-refractivity contribution in [1.29, 1.82) is 0 Å². The van der Waals surface area contributed by atoms with Gasteiger partial charge in [-0.15, -0.1) is 11.3 Å². The molecule has 2 rings (SSSR count). The van der Waals surface area contributed by atoms with Crippen LogP contribution in [0, 0.1) is 12.7 Å². The number of nitrogens with zero attached hydrogens (tertiary/aromatic N) is 1. The number of aryl methyl sites for hydroxylation is 1. The maximum Gasteiger partial charge on any atom is 0.261 e. The van der Waals surface area contributed by atoms with Crippen LogP contribution >= 0.6 is 22.0 Å². The Labute approximate surface area is 93.9 Å². The summed E-state index contributed by atoms with van der Waals surface area (Å²) >= 11 is 1.22. The van der Waals surface area contributed by atoms with Crippen LogP contribution in [0.2, 0.25) is 0 Å². The van der Waals surface area contributed by atoms with Crippen LogP contribution in [0.15, 0.2) is 17.0 Å². The second-order valence-electron chi connectivity index (χ2n) is 2.92.